The molecule has 1 N–H and O–H groups in total. The number of amides is 1. The summed E-state index contributed by atoms with van der Waals surface area (Å²) < 4.78 is 0. The highest BCUT2D eigenvalue weighted by atomic mass is 32.2. The van der Waals surface area contributed by atoms with Crippen molar-refractivity contribution < 1.29 is 4.79 Å². The summed E-state index contributed by atoms with van der Waals surface area (Å²) in [4.78, 5) is 16.9. The van der Waals surface area contributed by atoms with E-state index < -0.39 is 0 Å². The zero-order valence-corrected chi connectivity index (χ0v) is 15.6. The van der Waals surface area contributed by atoms with E-state index in [9.17, 15) is 4.79 Å². The summed E-state index contributed by atoms with van der Waals surface area (Å²) >= 11 is 1.93. The lowest BCUT2D eigenvalue weighted by Crippen LogP contribution is -2.41. The van der Waals surface area contributed by atoms with Gasteiger partial charge in [0, 0.05) is 12.3 Å². The molecule has 0 bridgehead atoms. The van der Waals surface area contributed by atoms with Crippen LogP contribution >= 0.6 is 11.8 Å². The monoisotopic (exact) mass is 356 g/mol. The highest BCUT2D eigenvalue weighted by Crippen LogP contribution is 2.40. The largest absolute Gasteiger partial charge is 0.335 e. The van der Waals surface area contributed by atoms with Gasteiger partial charge in [0.05, 0.1) is 12.0 Å². The third-order valence-corrected chi connectivity index (χ3v) is 7.15. The van der Waals surface area contributed by atoms with E-state index in [1.165, 1.54) is 29.7 Å². The van der Waals surface area contributed by atoms with Crippen LogP contribution in [0, 0.1) is 11.8 Å². The van der Waals surface area contributed by atoms with E-state index in [4.69, 9.17) is 0 Å². The van der Waals surface area contributed by atoms with Gasteiger partial charge in [-0.05, 0) is 61.6 Å². The maximum absolute atomic E-state index is 13.3. The molecule has 1 aromatic rings. The van der Waals surface area contributed by atoms with Crippen LogP contribution in [0.2, 0.25) is 0 Å². The summed E-state index contributed by atoms with van der Waals surface area (Å²) in [6, 6.07) is 10.9. The maximum atomic E-state index is 13.3. The second-order valence-electron chi connectivity index (χ2n) is 7.46. The molecule has 1 amide bonds. The van der Waals surface area contributed by atoms with Crippen LogP contribution in [0.25, 0.3) is 0 Å². The van der Waals surface area contributed by atoms with Crippen LogP contribution in [0.5, 0.6) is 0 Å². The SMILES string of the molecule is O=C(C1C=C(C2CCNCC2)SC1)N1CCCCC1c1ccccc1. The molecular formula is C21H28N2OS. The van der Waals surface area contributed by atoms with Crippen LogP contribution in [0.15, 0.2) is 41.3 Å². The smallest absolute Gasteiger partial charge is 0.230 e. The van der Waals surface area contributed by atoms with Gasteiger partial charge in [0.15, 0.2) is 0 Å². The van der Waals surface area contributed by atoms with Crippen molar-refractivity contribution >= 4 is 17.7 Å². The molecule has 0 spiro atoms. The second-order valence-corrected chi connectivity index (χ2v) is 8.56. The Labute approximate surface area is 155 Å². The van der Waals surface area contributed by atoms with Crippen LogP contribution in [0.1, 0.15) is 43.7 Å². The van der Waals surface area contributed by atoms with Crippen LogP contribution in [-0.4, -0.2) is 36.2 Å². The minimum atomic E-state index is 0.0826. The Kier molecular flexibility index (Phi) is 5.47. The highest BCUT2D eigenvalue weighted by molar-refractivity contribution is 8.03. The standard InChI is InChI=1S/C21H28N2OS/c24-21(18-14-20(25-15-18)17-9-11-22-12-10-17)23-13-5-4-8-19(23)16-6-2-1-3-7-16/h1-3,6-7,14,17-19,22H,4-5,8-13,15H2. The van der Waals surface area contributed by atoms with Gasteiger partial charge in [-0.25, -0.2) is 0 Å². The highest BCUT2D eigenvalue weighted by Gasteiger charge is 2.35. The number of hydrogen-bond acceptors (Lipinski definition) is 3. The van der Waals surface area contributed by atoms with E-state index in [-0.39, 0.29) is 12.0 Å². The number of carbonyl (C=O) groups is 1. The van der Waals surface area contributed by atoms with Crippen LogP contribution in [0.3, 0.4) is 0 Å². The van der Waals surface area contributed by atoms with Crippen molar-refractivity contribution in [3.63, 3.8) is 0 Å². The first kappa shape index (κ1) is 17.2. The van der Waals surface area contributed by atoms with Gasteiger partial charge in [-0.1, -0.05) is 36.4 Å². The molecule has 2 unspecified atom stereocenters. The number of nitrogens with zero attached hydrogens (tertiary/aromatic N) is 1. The molecule has 3 heterocycles. The number of thioether (sulfide) groups is 1. The summed E-state index contributed by atoms with van der Waals surface area (Å²) in [5.41, 5.74) is 1.30. The van der Waals surface area contributed by atoms with Crippen LogP contribution < -0.4 is 5.32 Å². The molecular weight excluding hydrogens is 328 g/mol. The van der Waals surface area contributed by atoms with Crippen LogP contribution in [-0.2, 0) is 4.79 Å². The minimum absolute atomic E-state index is 0.0826. The predicted octanol–water partition coefficient (Wildman–Crippen LogP) is 3.99. The van der Waals surface area contributed by atoms with E-state index in [1.807, 2.05) is 11.8 Å². The minimum Gasteiger partial charge on any atom is -0.335 e. The molecule has 134 valence electrons. The number of likely N-dealkylation sites (tertiary alicyclic amines) is 1. The van der Waals surface area contributed by atoms with E-state index in [0.717, 1.165) is 38.2 Å². The first-order valence-electron chi connectivity index (χ1n) is 9.73. The molecule has 1 aromatic carbocycles. The molecule has 3 aliphatic heterocycles. The van der Waals surface area contributed by atoms with Crippen molar-refractivity contribution in [2.24, 2.45) is 11.8 Å². The number of hydrogen-bond donors (Lipinski definition) is 1. The summed E-state index contributed by atoms with van der Waals surface area (Å²) in [5, 5.41) is 3.44. The Morgan fingerprint density at radius 1 is 1.08 bits per heavy atom. The summed E-state index contributed by atoms with van der Waals surface area (Å²) in [6.07, 6.45) is 8.20. The zero-order chi connectivity index (χ0) is 17.1. The Hall–Kier alpha value is -1.26. The normalized spacial score (nSPS) is 28.0. The van der Waals surface area contributed by atoms with Crippen molar-refractivity contribution in [1.29, 1.82) is 0 Å². The van der Waals surface area contributed by atoms with Gasteiger partial charge in [0.25, 0.3) is 0 Å². The predicted molar refractivity (Wildman–Crippen MR) is 104 cm³/mol. The fraction of sp³-hybridized carbons (Fsp3) is 0.571. The fourth-order valence-corrected chi connectivity index (χ4v) is 5.76. The van der Waals surface area contributed by atoms with Crippen molar-refractivity contribution in [3.8, 4) is 0 Å². The molecule has 25 heavy (non-hydrogen) atoms. The molecule has 3 aliphatic rings. The topological polar surface area (TPSA) is 32.3 Å². The Bertz CT molecular complexity index is 624. The molecule has 0 radical (unpaired) electrons. The lowest BCUT2D eigenvalue weighted by molar-refractivity contribution is -0.137. The molecule has 2 atom stereocenters. The molecule has 2 fully saturated rings. The number of rotatable bonds is 3. The van der Waals surface area contributed by atoms with E-state index in [1.54, 1.807) is 0 Å². The summed E-state index contributed by atoms with van der Waals surface area (Å²) in [6.45, 7) is 3.14. The van der Waals surface area contributed by atoms with Gasteiger partial charge in [-0.3, -0.25) is 4.79 Å². The molecule has 4 rings (SSSR count). The molecule has 4 heteroatoms. The van der Waals surface area contributed by atoms with Gasteiger partial charge in [0.2, 0.25) is 5.91 Å². The number of nitrogens with one attached hydrogen (secondary N) is 1. The van der Waals surface area contributed by atoms with Crippen molar-refractivity contribution in [2.45, 2.75) is 38.1 Å². The van der Waals surface area contributed by atoms with Crippen molar-refractivity contribution in [2.75, 3.05) is 25.4 Å². The van der Waals surface area contributed by atoms with Gasteiger partial charge >= 0.3 is 0 Å². The van der Waals surface area contributed by atoms with Gasteiger partial charge in [0.1, 0.15) is 0 Å². The van der Waals surface area contributed by atoms with E-state index in [0.29, 0.717) is 11.8 Å². The van der Waals surface area contributed by atoms with Crippen molar-refractivity contribution in [3.05, 3.63) is 46.9 Å². The number of allylic oxidation sites excluding steroid dienone is 1. The molecule has 0 saturated carbocycles. The van der Waals surface area contributed by atoms with Crippen molar-refractivity contribution in [1.82, 2.24) is 10.2 Å². The van der Waals surface area contributed by atoms with Gasteiger partial charge < -0.3 is 10.2 Å². The number of carbonyl (C=O) groups excluding carboxylic acids is 1. The fourth-order valence-electron chi connectivity index (χ4n) is 4.41. The Morgan fingerprint density at radius 2 is 1.88 bits per heavy atom. The molecule has 0 aromatic heterocycles. The molecule has 2 saturated heterocycles. The van der Waals surface area contributed by atoms with Gasteiger partial charge in [-0.15, -0.1) is 11.8 Å². The van der Waals surface area contributed by atoms with Crippen LogP contribution in [0.4, 0.5) is 0 Å². The first-order valence-corrected chi connectivity index (χ1v) is 10.7. The zero-order valence-electron chi connectivity index (χ0n) is 14.8. The maximum Gasteiger partial charge on any atom is 0.230 e. The number of benzene rings is 1. The summed E-state index contributed by atoms with van der Waals surface area (Å²) in [5.74, 6) is 2.05. The average molecular weight is 357 g/mol. The molecule has 0 aliphatic carbocycles. The third-order valence-electron chi connectivity index (χ3n) is 5.82. The Morgan fingerprint density at radius 3 is 2.68 bits per heavy atom. The average Bonchev–Trinajstić information content (AvgIpc) is 3.19. The lowest BCUT2D eigenvalue weighted by atomic mass is 9.92. The Balaban J connectivity index is 1.48. The quantitative estimate of drug-likeness (QED) is 0.889. The number of piperidine rings is 2. The lowest BCUT2D eigenvalue weighted by Gasteiger charge is -2.37. The first-order chi connectivity index (χ1) is 12.3. The van der Waals surface area contributed by atoms with E-state index in [2.05, 4.69) is 46.6 Å². The molecule has 3 nitrogen and oxygen atoms in total. The third kappa shape index (κ3) is 3.80. The van der Waals surface area contributed by atoms with E-state index >= 15 is 0 Å². The second kappa shape index (κ2) is 7.96. The summed E-state index contributed by atoms with van der Waals surface area (Å²) in [7, 11) is 0. The van der Waals surface area contributed by atoms with Gasteiger partial charge in [-0.2, -0.15) is 0 Å².